The van der Waals surface area contributed by atoms with Crippen LogP contribution in [0.15, 0.2) is 5.03 Å². The summed E-state index contributed by atoms with van der Waals surface area (Å²) in [6.07, 6.45) is 1.88. The van der Waals surface area contributed by atoms with Gasteiger partial charge in [0.05, 0.1) is 5.56 Å². The topological polar surface area (TPSA) is 56.0 Å². The molecule has 60 valence electrons. The molecule has 0 atom stereocenters. The number of primary amides is 1. The second-order valence-corrected chi connectivity index (χ2v) is 3.76. The third-order valence-corrected chi connectivity index (χ3v) is 2.82. The van der Waals surface area contributed by atoms with E-state index in [1.54, 1.807) is 0 Å². The molecule has 0 saturated heterocycles. The van der Waals surface area contributed by atoms with Crippen LogP contribution in [0.25, 0.3) is 0 Å². The van der Waals surface area contributed by atoms with Crippen LogP contribution in [-0.4, -0.2) is 16.5 Å². The molecule has 0 spiro atoms. The molecule has 1 aromatic rings. The first-order valence-electron chi connectivity index (χ1n) is 2.97. The number of nitrogens with two attached hydrogens (primary N) is 1. The molecule has 1 heterocycles. The Morgan fingerprint density at radius 2 is 2.36 bits per heavy atom. The van der Waals surface area contributed by atoms with Gasteiger partial charge in [0.25, 0.3) is 5.91 Å². The predicted octanol–water partition coefficient (Wildman–Crippen LogP) is 1.27. The molecule has 0 bridgehead atoms. The van der Waals surface area contributed by atoms with Gasteiger partial charge in [-0.1, -0.05) is 0 Å². The fraction of sp³-hybridized carbons (Fsp3) is 0.333. The average Bonchev–Trinajstić information content (AvgIpc) is 2.30. The van der Waals surface area contributed by atoms with Crippen LogP contribution >= 0.6 is 23.3 Å². The first-order chi connectivity index (χ1) is 5.16. The normalized spacial score (nSPS) is 10.0. The number of aryl methyl sites for hydroxylation is 1. The summed E-state index contributed by atoms with van der Waals surface area (Å²) in [5, 5.41) is 0.736. The molecule has 0 unspecified atom stereocenters. The molecule has 2 N–H and O–H groups in total. The fourth-order valence-corrected chi connectivity index (χ4v) is 2.30. The number of rotatable bonds is 2. The number of hydrogen-bond acceptors (Lipinski definition) is 4. The van der Waals surface area contributed by atoms with E-state index >= 15 is 0 Å². The van der Waals surface area contributed by atoms with E-state index in [1.165, 1.54) is 23.3 Å². The van der Waals surface area contributed by atoms with Gasteiger partial charge in [-0.05, 0) is 24.7 Å². The number of carbonyl (C=O) groups is 1. The summed E-state index contributed by atoms with van der Waals surface area (Å²) >= 11 is 2.76. The molecule has 3 nitrogen and oxygen atoms in total. The first-order valence-corrected chi connectivity index (χ1v) is 4.96. The Kier molecular flexibility index (Phi) is 2.51. The number of nitrogens with zero attached hydrogens (tertiary/aromatic N) is 1. The van der Waals surface area contributed by atoms with Crippen molar-refractivity contribution in [2.24, 2.45) is 5.73 Å². The molecule has 1 amide bonds. The zero-order valence-corrected chi connectivity index (χ0v) is 7.88. The first kappa shape index (κ1) is 8.55. The van der Waals surface area contributed by atoms with E-state index in [1.807, 2.05) is 13.2 Å². The molecule has 0 radical (unpaired) electrons. The summed E-state index contributed by atoms with van der Waals surface area (Å²) in [4.78, 5) is 11.7. The van der Waals surface area contributed by atoms with Crippen molar-refractivity contribution in [2.75, 3.05) is 6.26 Å². The molecule has 0 aliphatic carbocycles. The summed E-state index contributed by atoms with van der Waals surface area (Å²) in [5.74, 6) is -0.388. The van der Waals surface area contributed by atoms with Gasteiger partial charge in [0.15, 0.2) is 0 Å². The van der Waals surface area contributed by atoms with Gasteiger partial charge in [-0.15, -0.1) is 11.8 Å². The predicted molar refractivity (Wildman–Crippen MR) is 47.1 cm³/mol. The minimum Gasteiger partial charge on any atom is -0.365 e. The van der Waals surface area contributed by atoms with Crippen LogP contribution < -0.4 is 5.73 Å². The Morgan fingerprint density at radius 1 is 1.73 bits per heavy atom. The molecule has 0 fully saturated rings. The molecule has 0 aliphatic rings. The van der Waals surface area contributed by atoms with Crippen molar-refractivity contribution in [3.8, 4) is 0 Å². The summed E-state index contributed by atoms with van der Waals surface area (Å²) in [6.45, 7) is 1.84. The van der Waals surface area contributed by atoms with Gasteiger partial charge in [0, 0.05) is 4.88 Å². The summed E-state index contributed by atoms with van der Waals surface area (Å²) in [5.41, 5.74) is 5.72. The van der Waals surface area contributed by atoms with Gasteiger partial charge < -0.3 is 5.73 Å². The fourth-order valence-electron chi connectivity index (χ4n) is 0.770. The lowest BCUT2D eigenvalue weighted by Gasteiger charge is -1.93. The Labute approximate surface area is 73.2 Å². The highest BCUT2D eigenvalue weighted by Gasteiger charge is 2.14. The van der Waals surface area contributed by atoms with E-state index in [0.29, 0.717) is 5.56 Å². The maximum absolute atomic E-state index is 10.8. The molecule has 0 saturated carbocycles. The van der Waals surface area contributed by atoms with Gasteiger partial charge in [0.2, 0.25) is 0 Å². The molecule has 11 heavy (non-hydrogen) atoms. The van der Waals surface area contributed by atoms with E-state index in [9.17, 15) is 4.79 Å². The van der Waals surface area contributed by atoms with E-state index in [-0.39, 0.29) is 5.91 Å². The number of amides is 1. The van der Waals surface area contributed by atoms with E-state index in [4.69, 9.17) is 5.73 Å². The Hall–Kier alpha value is -0.550. The quantitative estimate of drug-likeness (QED) is 0.711. The van der Waals surface area contributed by atoms with Crippen LogP contribution in [0.5, 0.6) is 0 Å². The third kappa shape index (κ3) is 1.54. The Morgan fingerprint density at radius 3 is 2.73 bits per heavy atom. The maximum Gasteiger partial charge on any atom is 0.252 e. The van der Waals surface area contributed by atoms with Crippen molar-refractivity contribution >= 4 is 29.2 Å². The van der Waals surface area contributed by atoms with Crippen molar-refractivity contribution in [2.45, 2.75) is 11.9 Å². The van der Waals surface area contributed by atoms with Crippen LogP contribution in [0.3, 0.4) is 0 Å². The molecule has 5 heteroatoms. The second-order valence-electron chi connectivity index (χ2n) is 1.99. The van der Waals surface area contributed by atoms with Crippen LogP contribution in [0.2, 0.25) is 0 Å². The zero-order valence-electron chi connectivity index (χ0n) is 6.25. The highest BCUT2D eigenvalue weighted by molar-refractivity contribution is 7.98. The molecule has 1 rings (SSSR count). The van der Waals surface area contributed by atoms with E-state index < -0.39 is 0 Å². The smallest absolute Gasteiger partial charge is 0.252 e. The number of aromatic nitrogens is 1. The van der Waals surface area contributed by atoms with Crippen LogP contribution in [0.1, 0.15) is 15.2 Å². The van der Waals surface area contributed by atoms with Crippen molar-refractivity contribution < 1.29 is 4.79 Å². The highest BCUT2D eigenvalue weighted by Crippen LogP contribution is 2.24. The molecular formula is C6H8N2OS2. The van der Waals surface area contributed by atoms with Crippen LogP contribution in [0.4, 0.5) is 0 Å². The minimum atomic E-state index is -0.388. The van der Waals surface area contributed by atoms with E-state index in [2.05, 4.69) is 4.37 Å². The van der Waals surface area contributed by atoms with Crippen molar-refractivity contribution in [3.05, 3.63) is 10.4 Å². The van der Waals surface area contributed by atoms with Gasteiger partial charge in [-0.2, -0.15) is 4.37 Å². The van der Waals surface area contributed by atoms with Crippen molar-refractivity contribution in [1.29, 1.82) is 0 Å². The van der Waals surface area contributed by atoms with Gasteiger partial charge >= 0.3 is 0 Å². The largest absolute Gasteiger partial charge is 0.365 e. The summed E-state index contributed by atoms with van der Waals surface area (Å²) < 4.78 is 4.06. The van der Waals surface area contributed by atoms with Crippen LogP contribution in [-0.2, 0) is 0 Å². The standard InChI is InChI=1S/C6H8N2OS2/c1-3-4(5(7)9)6(10-2)8-11-3/h1-2H3,(H2,7,9). The van der Waals surface area contributed by atoms with Gasteiger partial charge in [-0.25, -0.2) is 0 Å². The molecule has 1 aromatic heterocycles. The number of carbonyl (C=O) groups excluding carboxylic acids is 1. The zero-order chi connectivity index (χ0) is 8.43. The third-order valence-electron chi connectivity index (χ3n) is 1.27. The monoisotopic (exact) mass is 188 g/mol. The molecular weight excluding hydrogens is 180 g/mol. The SMILES string of the molecule is CSc1nsc(C)c1C(N)=O. The highest BCUT2D eigenvalue weighted by atomic mass is 32.2. The van der Waals surface area contributed by atoms with Gasteiger partial charge in [0.1, 0.15) is 5.03 Å². The Bertz CT molecular complexity index is 282. The lowest BCUT2D eigenvalue weighted by Crippen LogP contribution is -2.12. The molecule has 0 aromatic carbocycles. The lowest BCUT2D eigenvalue weighted by molar-refractivity contribution is 0.0997. The van der Waals surface area contributed by atoms with Gasteiger partial charge in [-0.3, -0.25) is 4.79 Å². The lowest BCUT2D eigenvalue weighted by atomic mass is 10.3. The van der Waals surface area contributed by atoms with Crippen molar-refractivity contribution in [1.82, 2.24) is 4.37 Å². The average molecular weight is 188 g/mol. The Balaban J connectivity index is 3.17. The number of hydrogen-bond donors (Lipinski definition) is 1. The van der Waals surface area contributed by atoms with E-state index in [0.717, 1.165) is 9.90 Å². The second kappa shape index (κ2) is 3.23. The maximum atomic E-state index is 10.8. The van der Waals surface area contributed by atoms with Crippen LogP contribution in [0, 0.1) is 6.92 Å². The minimum absolute atomic E-state index is 0.388. The summed E-state index contributed by atoms with van der Waals surface area (Å²) in [7, 11) is 0. The van der Waals surface area contributed by atoms with Crippen molar-refractivity contribution in [3.63, 3.8) is 0 Å². The number of thioether (sulfide) groups is 1. The molecule has 0 aliphatic heterocycles. The summed E-state index contributed by atoms with van der Waals surface area (Å²) in [6, 6.07) is 0.